The van der Waals surface area contributed by atoms with Crippen molar-refractivity contribution in [3.05, 3.63) is 23.3 Å². The highest BCUT2D eigenvalue weighted by Crippen LogP contribution is 2.26. The molecular weight excluding hydrogens is 321 g/mol. The first-order valence-corrected chi connectivity index (χ1v) is 8.09. The van der Waals surface area contributed by atoms with Crippen molar-refractivity contribution in [2.24, 2.45) is 5.92 Å². The molecule has 136 valence electrons. The molecule has 1 atom stereocenters. The van der Waals surface area contributed by atoms with Gasteiger partial charge in [-0.15, -0.1) is 0 Å². The monoisotopic (exact) mass is 346 g/mol. The number of hydrogen-bond acceptors (Lipinski definition) is 5. The first-order chi connectivity index (χ1) is 11.3. The molecule has 1 aromatic heterocycles. The summed E-state index contributed by atoms with van der Waals surface area (Å²) in [6, 6.07) is 0. The zero-order valence-corrected chi connectivity index (χ0v) is 14.4. The molecule has 0 aliphatic carbocycles. The molecule has 0 radical (unpaired) electrons. The smallest absolute Gasteiger partial charge is 0.383 e. The number of ether oxygens (including phenoxy) is 1. The minimum absolute atomic E-state index is 0.386. The van der Waals surface area contributed by atoms with Crippen LogP contribution in [0.1, 0.15) is 23.5 Å². The van der Waals surface area contributed by atoms with Gasteiger partial charge in [0.05, 0.1) is 6.61 Å². The van der Waals surface area contributed by atoms with Gasteiger partial charge < -0.3 is 14.5 Å². The first-order valence-electron chi connectivity index (χ1n) is 8.09. The third-order valence-electron chi connectivity index (χ3n) is 4.33. The number of nitrogens with zero attached hydrogens (tertiary/aromatic N) is 4. The van der Waals surface area contributed by atoms with E-state index in [1.165, 1.54) is 6.20 Å². The fourth-order valence-electron chi connectivity index (χ4n) is 3.07. The second kappa shape index (κ2) is 8.22. The lowest BCUT2D eigenvalue weighted by Crippen LogP contribution is -2.29. The number of halogens is 3. The van der Waals surface area contributed by atoms with Crippen molar-refractivity contribution in [3.63, 3.8) is 0 Å². The molecule has 0 spiro atoms. The SMILES string of the molecule is COCCN1CCC(CN(C)Cc2cnc(C(F)(F)F)nc2C)C1. The molecule has 0 saturated carbocycles. The average molecular weight is 346 g/mol. The van der Waals surface area contributed by atoms with Crippen LogP contribution in [0.4, 0.5) is 13.2 Å². The molecule has 0 N–H and O–H groups in total. The van der Waals surface area contributed by atoms with Gasteiger partial charge in [0.2, 0.25) is 5.82 Å². The lowest BCUT2D eigenvalue weighted by atomic mass is 10.1. The number of likely N-dealkylation sites (tertiary alicyclic amines) is 1. The highest BCUT2D eigenvalue weighted by Gasteiger charge is 2.34. The Kier molecular flexibility index (Phi) is 6.54. The number of aryl methyl sites for hydroxylation is 1. The van der Waals surface area contributed by atoms with Crippen molar-refractivity contribution in [1.29, 1.82) is 0 Å². The fraction of sp³-hybridized carbons (Fsp3) is 0.750. The molecule has 8 heteroatoms. The number of rotatable bonds is 7. The minimum atomic E-state index is -4.50. The molecule has 1 aromatic rings. The van der Waals surface area contributed by atoms with Crippen LogP contribution in [0.25, 0.3) is 0 Å². The van der Waals surface area contributed by atoms with E-state index in [1.807, 2.05) is 7.05 Å². The van der Waals surface area contributed by atoms with Gasteiger partial charge in [0.1, 0.15) is 0 Å². The number of hydrogen-bond donors (Lipinski definition) is 0. The summed E-state index contributed by atoms with van der Waals surface area (Å²) < 4.78 is 42.9. The third kappa shape index (κ3) is 5.39. The normalized spacial score (nSPS) is 19.4. The van der Waals surface area contributed by atoms with E-state index < -0.39 is 12.0 Å². The van der Waals surface area contributed by atoms with Gasteiger partial charge in [-0.05, 0) is 32.9 Å². The zero-order valence-electron chi connectivity index (χ0n) is 14.4. The molecule has 1 unspecified atom stereocenters. The van der Waals surface area contributed by atoms with Crippen molar-refractivity contribution < 1.29 is 17.9 Å². The van der Waals surface area contributed by atoms with Crippen LogP contribution in [0.3, 0.4) is 0 Å². The van der Waals surface area contributed by atoms with Gasteiger partial charge in [0.25, 0.3) is 0 Å². The van der Waals surface area contributed by atoms with Gasteiger partial charge in [-0.25, -0.2) is 9.97 Å². The predicted molar refractivity (Wildman–Crippen MR) is 84.5 cm³/mol. The number of methoxy groups -OCH3 is 1. The van der Waals surface area contributed by atoms with Gasteiger partial charge in [-0.3, -0.25) is 0 Å². The maximum Gasteiger partial charge on any atom is 0.451 e. The lowest BCUT2D eigenvalue weighted by molar-refractivity contribution is -0.145. The van der Waals surface area contributed by atoms with Gasteiger partial charge >= 0.3 is 6.18 Å². The predicted octanol–water partition coefficient (Wildman–Crippen LogP) is 2.20. The quantitative estimate of drug-likeness (QED) is 0.757. The van der Waals surface area contributed by atoms with Crippen molar-refractivity contribution in [2.75, 3.05) is 46.9 Å². The van der Waals surface area contributed by atoms with Crippen LogP contribution in [-0.2, 0) is 17.5 Å². The molecule has 24 heavy (non-hydrogen) atoms. The van der Waals surface area contributed by atoms with Gasteiger partial charge in [-0.1, -0.05) is 0 Å². The minimum Gasteiger partial charge on any atom is -0.383 e. The van der Waals surface area contributed by atoms with E-state index in [0.29, 0.717) is 18.2 Å². The summed E-state index contributed by atoms with van der Waals surface area (Å²) in [6.45, 7) is 6.86. The van der Waals surface area contributed by atoms with E-state index in [2.05, 4.69) is 19.8 Å². The van der Waals surface area contributed by atoms with Crippen molar-refractivity contribution in [1.82, 2.24) is 19.8 Å². The van der Waals surface area contributed by atoms with Gasteiger partial charge in [0.15, 0.2) is 0 Å². The Hall–Kier alpha value is -1.25. The lowest BCUT2D eigenvalue weighted by Gasteiger charge is -2.22. The van der Waals surface area contributed by atoms with Crippen molar-refractivity contribution in [2.45, 2.75) is 26.1 Å². The van der Waals surface area contributed by atoms with E-state index >= 15 is 0 Å². The molecular formula is C16H25F3N4O. The highest BCUT2D eigenvalue weighted by atomic mass is 19.4. The Bertz CT molecular complexity index is 539. The Morgan fingerprint density at radius 1 is 1.42 bits per heavy atom. The fourth-order valence-corrected chi connectivity index (χ4v) is 3.07. The van der Waals surface area contributed by atoms with Crippen LogP contribution in [0, 0.1) is 12.8 Å². The topological polar surface area (TPSA) is 41.5 Å². The van der Waals surface area contributed by atoms with Crippen LogP contribution in [0.5, 0.6) is 0 Å². The van der Waals surface area contributed by atoms with E-state index in [4.69, 9.17) is 4.74 Å². The largest absolute Gasteiger partial charge is 0.451 e. The van der Waals surface area contributed by atoms with E-state index in [0.717, 1.165) is 44.8 Å². The van der Waals surface area contributed by atoms with Crippen LogP contribution >= 0.6 is 0 Å². The zero-order chi connectivity index (χ0) is 17.7. The van der Waals surface area contributed by atoms with Crippen molar-refractivity contribution in [3.8, 4) is 0 Å². The summed E-state index contributed by atoms with van der Waals surface area (Å²) in [7, 11) is 3.69. The van der Waals surface area contributed by atoms with Crippen LogP contribution in [0.2, 0.25) is 0 Å². The maximum atomic E-state index is 12.6. The Labute approximate surface area is 140 Å². The summed E-state index contributed by atoms with van der Waals surface area (Å²) in [6.07, 6.45) is -2.07. The summed E-state index contributed by atoms with van der Waals surface area (Å²) in [5.74, 6) is -0.501. The van der Waals surface area contributed by atoms with Crippen molar-refractivity contribution >= 4 is 0 Å². The van der Waals surface area contributed by atoms with Gasteiger partial charge in [0, 0.05) is 50.7 Å². The summed E-state index contributed by atoms with van der Waals surface area (Å²) in [5, 5.41) is 0. The molecule has 0 amide bonds. The molecule has 2 rings (SSSR count). The van der Waals surface area contributed by atoms with Crippen LogP contribution < -0.4 is 0 Å². The Morgan fingerprint density at radius 3 is 2.79 bits per heavy atom. The standard InChI is InChI=1S/C16H25F3N4O/c1-12-14(8-20-15(21-12)16(17,18)19)11-22(2)9-13-4-5-23(10-13)6-7-24-3/h8,13H,4-7,9-11H2,1-3H3. The third-order valence-corrected chi connectivity index (χ3v) is 4.33. The second-order valence-electron chi connectivity index (χ2n) is 6.45. The molecule has 1 aliphatic heterocycles. The summed E-state index contributed by atoms with van der Waals surface area (Å²) in [5.41, 5.74) is 1.12. The van der Waals surface area contributed by atoms with Crippen LogP contribution in [0.15, 0.2) is 6.20 Å². The molecule has 2 heterocycles. The number of alkyl halides is 3. The summed E-state index contributed by atoms with van der Waals surface area (Å²) >= 11 is 0. The first kappa shape index (κ1) is 19.1. The Balaban J connectivity index is 1.86. The molecule has 1 fully saturated rings. The van der Waals surface area contributed by atoms with E-state index in [9.17, 15) is 13.2 Å². The molecule has 0 bridgehead atoms. The second-order valence-corrected chi connectivity index (χ2v) is 6.45. The molecule has 1 aliphatic rings. The molecule has 0 aromatic carbocycles. The highest BCUT2D eigenvalue weighted by molar-refractivity contribution is 5.16. The van der Waals surface area contributed by atoms with E-state index in [-0.39, 0.29) is 0 Å². The molecule has 1 saturated heterocycles. The summed E-state index contributed by atoms with van der Waals surface area (Å²) in [4.78, 5) is 11.6. The van der Waals surface area contributed by atoms with Gasteiger partial charge in [-0.2, -0.15) is 13.2 Å². The maximum absolute atomic E-state index is 12.6. The van der Waals surface area contributed by atoms with E-state index in [1.54, 1.807) is 14.0 Å². The Morgan fingerprint density at radius 2 is 2.17 bits per heavy atom. The molecule has 5 nitrogen and oxygen atoms in total. The number of aromatic nitrogens is 2. The average Bonchev–Trinajstić information content (AvgIpc) is 2.93. The van der Waals surface area contributed by atoms with Crippen LogP contribution in [-0.4, -0.2) is 66.7 Å².